The molecule has 0 radical (unpaired) electrons. The van der Waals surface area contributed by atoms with Gasteiger partial charge in [0.05, 0.1) is 16.5 Å². The quantitative estimate of drug-likeness (QED) is 0.530. The number of anilines is 1. The lowest BCUT2D eigenvalue weighted by atomic mass is 9.87. The van der Waals surface area contributed by atoms with Gasteiger partial charge in [-0.3, -0.25) is 14.5 Å². The van der Waals surface area contributed by atoms with Crippen LogP contribution in [0, 0.1) is 6.92 Å². The predicted octanol–water partition coefficient (Wildman–Crippen LogP) is 5.24. The van der Waals surface area contributed by atoms with Gasteiger partial charge in [0.25, 0.3) is 11.1 Å². The molecule has 3 rings (SSSR count). The van der Waals surface area contributed by atoms with Gasteiger partial charge in [-0.05, 0) is 81.3 Å². The van der Waals surface area contributed by atoms with Crippen LogP contribution in [0.15, 0.2) is 35.8 Å². The van der Waals surface area contributed by atoms with Crippen LogP contribution in [0.5, 0.6) is 0 Å². The van der Waals surface area contributed by atoms with Gasteiger partial charge in [0, 0.05) is 18.3 Å². The lowest BCUT2D eigenvalue weighted by molar-refractivity contribution is -0.123. The number of nitrogens with zero attached hydrogens (tertiary/aromatic N) is 2. The zero-order chi connectivity index (χ0) is 20.1. The first-order chi connectivity index (χ1) is 12.6. The van der Waals surface area contributed by atoms with Gasteiger partial charge in [0.1, 0.15) is 0 Å². The maximum atomic E-state index is 12.7. The molecule has 0 N–H and O–H groups in total. The van der Waals surface area contributed by atoms with Crippen LogP contribution in [-0.2, 0) is 4.79 Å². The molecule has 0 spiro atoms. The molecule has 1 aromatic rings. The van der Waals surface area contributed by atoms with E-state index in [1.54, 1.807) is 13.0 Å². The Labute approximate surface area is 165 Å². The molecule has 0 saturated carbocycles. The van der Waals surface area contributed by atoms with E-state index in [2.05, 4.69) is 57.5 Å². The van der Waals surface area contributed by atoms with E-state index in [0.717, 1.165) is 28.5 Å². The topological polar surface area (TPSA) is 40.6 Å². The first kappa shape index (κ1) is 19.5. The third kappa shape index (κ3) is 3.25. The van der Waals surface area contributed by atoms with E-state index in [9.17, 15) is 9.59 Å². The highest BCUT2D eigenvalue weighted by Gasteiger charge is 2.37. The van der Waals surface area contributed by atoms with Gasteiger partial charge < -0.3 is 4.90 Å². The third-order valence-electron chi connectivity index (χ3n) is 5.46. The molecule has 27 heavy (non-hydrogen) atoms. The van der Waals surface area contributed by atoms with Crippen LogP contribution >= 0.6 is 11.8 Å². The Morgan fingerprint density at radius 2 is 1.89 bits per heavy atom. The standard InChI is InChI=1S/C22H26N2O2S/c1-8-15(4)24-20(25)19(27-21(24)26)11-16-10-17-14(3)12-22(5,6)23(7)18(17)9-13(16)2/h8-12,15H,1H2,2-7H3/b19-11+. The Morgan fingerprint density at radius 1 is 1.22 bits per heavy atom. The van der Waals surface area contributed by atoms with Crippen molar-refractivity contribution in [3.63, 3.8) is 0 Å². The SMILES string of the molecule is C=CC(C)N1C(=O)S/C(=C/c2cc3c(cc2C)N(C)C(C)(C)C=C3C)C1=O. The zero-order valence-electron chi connectivity index (χ0n) is 16.8. The van der Waals surface area contributed by atoms with E-state index in [0.29, 0.717) is 4.91 Å². The lowest BCUT2D eigenvalue weighted by Crippen LogP contribution is -2.42. The summed E-state index contributed by atoms with van der Waals surface area (Å²) >= 11 is 0.993. The fourth-order valence-corrected chi connectivity index (χ4v) is 4.46. The first-order valence-corrected chi connectivity index (χ1v) is 9.86. The minimum atomic E-state index is -0.311. The van der Waals surface area contributed by atoms with Crippen LogP contribution < -0.4 is 4.90 Å². The summed E-state index contributed by atoms with van der Waals surface area (Å²) in [6.45, 7) is 14.0. The summed E-state index contributed by atoms with van der Waals surface area (Å²) in [4.78, 5) is 28.9. The van der Waals surface area contributed by atoms with Gasteiger partial charge in [-0.2, -0.15) is 0 Å². The number of allylic oxidation sites excluding steroid dienone is 1. The molecule has 1 fully saturated rings. The van der Waals surface area contributed by atoms with Crippen molar-refractivity contribution in [3.05, 3.63) is 52.5 Å². The van der Waals surface area contributed by atoms with E-state index < -0.39 is 0 Å². The molecule has 1 atom stereocenters. The Balaban J connectivity index is 2.04. The van der Waals surface area contributed by atoms with E-state index >= 15 is 0 Å². The normalized spacial score (nSPS) is 21.4. The van der Waals surface area contributed by atoms with Crippen molar-refractivity contribution in [1.82, 2.24) is 4.90 Å². The zero-order valence-corrected chi connectivity index (χ0v) is 17.6. The molecule has 2 aliphatic heterocycles. The van der Waals surface area contributed by atoms with Gasteiger partial charge in [-0.15, -0.1) is 6.58 Å². The van der Waals surface area contributed by atoms with Crippen molar-refractivity contribution in [2.75, 3.05) is 11.9 Å². The number of amides is 2. The summed E-state index contributed by atoms with van der Waals surface area (Å²) in [5.41, 5.74) is 5.56. The number of carbonyl (C=O) groups is 2. The molecule has 1 aromatic carbocycles. The smallest absolute Gasteiger partial charge is 0.294 e. The van der Waals surface area contributed by atoms with Gasteiger partial charge >= 0.3 is 0 Å². The summed E-state index contributed by atoms with van der Waals surface area (Å²) in [6, 6.07) is 3.97. The van der Waals surface area contributed by atoms with Crippen molar-refractivity contribution in [2.24, 2.45) is 0 Å². The average molecular weight is 383 g/mol. The monoisotopic (exact) mass is 382 g/mol. The number of likely N-dealkylation sites (N-methyl/N-ethyl adjacent to an activating group) is 1. The van der Waals surface area contributed by atoms with E-state index in [1.165, 1.54) is 16.2 Å². The van der Waals surface area contributed by atoms with E-state index in [-0.39, 0.29) is 22.7 Å². The number of fused-ring (bicyclic) bond motifs is 1. The number of hydrogen-bond donors (Lipinski definition) is 0. The van der Waals surface area contributed by atoms with Gasteiger partial charge in [-0.1, -0.05) is 12.2 Å². The van der Waals surface area contributed by atoms with Gasteiger partial charge in [0.2, 0.25) is 0 Å². The van der Waals surface area contributed by atoms with Crippen LogP contribution in [0.1, 0.15) is 44.4 Å². The highest BCUT2D eigenvalue weighted by atomic mass is 32.2. The van der Waals surface area contributed by atoms with Crippen molar-refractivity contribution < 1.29 is 9.59 Å². The van der Waals surface area contributed by atoms with Crippen molar-refractivity contribution in [1.29, 1.82) is 0 Å². The summed E-state index contributed by atoms with van der Waals surface area (Å²) in [5, 5.41) is -0.244. The Morgan fingerprint density at radius 3 is 2.52 bits per heavy atom. The van der Waals surface area contributed by atoms with Crippen molar-refractivity contribution in [2.45, 2.75) is 46.2 Å². The number of thioether (sulfide) groups is 1. The molecule has 4 nitrogen and oxygen atoms in total. The summed E-state index contributed by atoms with van der Waals surface area (Å²) in [5.74, 6) is -0.250. The summed E-state index contributed by atoms with van der Waals surface area (Å²) in [7, 11) is 2.10. The van der Waals surface area contributed by atoms with Crippen LogP contribution in [0.3, 0.4) is 0 Å². The van der Waals surface area contributed by atoms with Gasteiger partial charge in [-0.25, -0.2) is 0 Å². The average Bonchev–Trinajstić information content (AvgIpc) is 2.87. The van der Waals surface area contributed by atoms with Crippen LogP contribution in [0.25, 0.3) is 11.6 Å². The molecule has 1 unspecified atom stereocenters. The Hall–Kier alpha value is -2.27. The maximum absolute atomic E-state index is 12.7. The molecule has 142 valence electrons. The minimum Gasteiger partial charge on any atom is -0.365 e. The second-order valence-electron chi connectivity index (χ2n) is 7.79. The number of rotatable bonds is 3. The number of benzene rings is 1. The Kier molecular flexibility index (Phi) is 4.85. The molecule has 2 aliphatic rings. The second-order valence-corrected chi connectivity index (χ2v) is 8.79. The molecule has 5 heteroatoms. The van der Waals surface area contributed by atoms with Crippen LogP contribution in [0.2, 0.25) is 0 Å². The van der Waals surface area contributed by atoms with Crippen LogP contribution in [0.4, 0.5) is 10.5 Å². The lowest BCUT2D eigenvalue weighted by Gasteiger charge is -2.41. The molecular weight excluding hydrogens is 356 g/mol. The molecule has 2 heterocycles. The minimum absolute atomic E-state index is 0.0471. The number of imide groups is 1. The Bertz CT molecular complexity index is 911. The fourth-order valence-electron chi connectivity index (χ4n) is 3.55. The van der Waals surface area contributed by atoms with Gasteiger partial charge in [0.15, 0.2) is 0 Å². The fraction of sp³-hybridized carbons (Fsp3) is 0.364. The number of aryl methyl sites for hydroxylation is 1. The molecular formula is C22H26N2O2S. The third-order valence-corrected chi connectivity index (χ3v) is 6.35. The number of hydrogen-bond acceptors (Lipinski definition) is 4. The highest BCUT2D eigenvalue weighted by Crippen LogP contribution is 2.40. The molecule has 1 saturated heterocycles. The van der Waals surface area contributed by atoms with E-state index in [1.807, 2.05) is 13.0 Å². The second kappa shape index (κ2) is 6.71. The van der Waals surface area contributed by atoms with E-state index in [4.69, 9.17) is 0 Å². The molecule has 2 amide bonds. The summed E-state index contributed by atoms with van der Waals surface area (Å²) < 4.78 is 0. The summed E-state index contributed by atoms with van der Waals surface area (Å²) in [6.07, 6.45) is 5.70. The maximum Gasteiger partial charge on any atom is 0.294 e. The highest BCUT2D eigenvalue weighted by molar-refractivity contribution is 8.18. The van der Waals surface area contributed by atoms with Crippen molar-refractivity contribution >= 4 is 40.2 Å². The largest absolute Gasteiger partial charge is 0.365 e. The van der Waals surface area contributed by atoms with Crippen molar-refractivity contribution in [3.8, 4) is 0 Å². The predicted molar refractivity (Wildman–Crippen MR) is 115 cm³/mol. The first-order valence-electron chi connectivity index (χ1n) is 9.04. The molecule has 0 bridgehead atoms. The molecule has 0 aliphatic carbocycles. The molecule has 0 aromatic heterocycles. The van der Waals surface area contributed by atoms with Crippen LogP contribution in [-0.4, -0.2) is 34.7 Å². The number of carbonyl (C=O) groups excluding carboxylic acids is 2.